The molecule has 0 bridgehead atoms. The quantitative estimate of drug-likeness (QED) is 0.508. The van der Waals surface area contributed by atoms with Crippen LogP contribution in [0.15, 0.2) is 24.4 Å². The molecule has 4 atom stereocenters. The van der Waals surface area contributed by atoms with Gasteiger partial charge >= 0.3 is 0 Å². The van der Waals surface area contributed by atoms with Gasteiger partial charge in [-0.05, 0) is 31.5 Å². The summed E-state index contributed by atoms with van der Waals surface area (Å²) in [7, 11) is 1.60. The van der Waals surface area contributed by atoms with Crippen LogP contribution >= 0.6 is 11.3 Å². The number of amides is 1. The minimum Gasteiger partial charge on any atom is -0.493 e. The molecule has 2 saturated heterocycles. The molecule has 0 radical (unpaired) electrons. The van der Waals surface area contributed by atoms with Gasteiger partial charge < -0.3 is 34.6 Å². The zero-order valence-electron chi connectivity index (χ0n) is 20.0. The van der Waals surface area contributed by atoms with Crippen LogP contribution in [0.25, 0.3) is 0 Å². The van der Waals surface area contributed by atoms with Crippen molar-refractivity contribution in [3.63, 3.8) is 0 Å². The number of rotatable bonds is 8. The number of aromatic nitrogens is 1. The minimum absolute atomic E-state index is 0.00198. The lowest BCUT2D eigenvalue weighted by Crippen LogP contribution is -2.54. The molecule has 0 unspecified atom stereocenters. The topological polar surface area (TPSA) is 116 Å². The molecular weight excluding hydrogens is 458 g/mol. The Labute approximate surface area is 203 Å². The number of carbonyl (C=O) groups is 1. The number of aryl methyl sites for hydroxylation is 1. The van der Waals surface area contributed by atoms with Gasteiger partial charge in [0, 0.05) is 35.5 Å². The Morgan fingerprint density at radius 1 is 1.29 bits per heavy atom. The summed E-state index contributed by atoms with van der Waals surface area (Å²) in [6.45, 7) is 7.12. The van der Waals surface area contributed by atoms with Crippen molar-refractivity contribution >= 4 is 22.4 Å². The molecule has 2 aliphatic heterocycles. The summed E-state index contributed by atoms with van der Waals surface area (Å²) in [5.74, 6) is 0.515. The van der Waals surface area contributed by atoms with E-state index in [1.54, 1.807) is 25.4 Å². The Hall–Kier alpha value is -2.40. The minimum atomic E-state index is -1.46. The Bertz CT molecular complexity index is 1020. The van der Waals surface area contributed by atoms with Crippen molar-refractivity contribution in [2.45, 2.75) is 45.0 Å². The summed E-state index contributed by atoms with van der Waals surface area (Å²) in [5, 5.41) is 30.7. The average Bonchev–Trinajstić information content (AvgIpc) is 3.38. The van der Waals surface area contributed by atoms with Gasteiger partial charge in [-0.2, -0.15) is 0 Å². The molecule has 34 heavy (non-hydrogen) atoms. The molecular formula is C24H33N3O6S. The third-order valence-electron chi connectivity index (χ3n) is 7.07. The molecule has 10 heteroatoms. The normalized spacial score (nSPS) is 24.6. The van der Waals surface area contributed by atoms with E-state index in [-0.39, 0.29) is 18.6 Å². The second-order valence-corrected chi connectivity index (χ2v) is 10.7. The van der Waals surface area contributed by atoms with Crippen molar-refractivity contribution in [2.75, 3.05) is 44.8 Å². The maximum absolute atomic E-state index is 12.6. The molecule has 0 aliphatic carbocycles. The third kappa shape index (κ3) is 4.59. The fraction of sp³-hybridized carbons (Fsp3) is 0.583. The van der Waals surface area contributed by atoms with E-state index in [0.717, 1.165) is 23.8 Å². The fourth-order valence-electron chi connectivity index (χ4n) is 4.72. The SMILES string of the molecule is COc1ccc([C@@H]2CN(C(=O)[C@@H](O)CO)C[C@@]2(C)[C@@H](C)O)cc1OC1CN(c2ncc(C)s2)C1. The van der Waals surface area contributed by atoms with Crippen LogP contribution in [0.2, 0.25) is 0 Å². The lowest BCUT2D eigenvalue weighted by Gasteiger charge is -2.39. The molecule has 0 spiro atoms. The van der Waals surface area contributed by atoms with Crippen molar-refractivity contribution in [1.82, 2.24) is 9.88 Å². The van der Waals surface area contributed by atoms with E-state index in [1.807, 2.05) is 38.2 Å². The number of thiazole rings is 1. The molecule has 1 amide bonds. The number of methoxy groups -OCH3 is 1. The molecule has 1 aromatic heterocycles. The van der Waals surface area contributed by atoms with Crippen molar-refractivity contribution in [1.29, 1.82) is 0 Å². The molecule has 186 valence electrons. The number of nitrogens with zero attached hydrogens (tertiary/aromatic N) is 3. The summed E-state index contributed by atoms with van der Waals surface area (Å²) >= 11 is 1.66. The van der Waals surface area contributed by atoms with Crippen molar-refractivity contribution in [3.8, 4) is 11.5 Å². The molecule has 4 rings (SSSR count). The van der Waals surface area contributed by atoms with E-state index in [0.29, 0.717) is 18.0 Å². The first-order valence-electron chi connectivity index (χ1n) is 11.4. The first-order chi connectivity index (χ1) is 16.2. The van der Waals surface area contributed by atoms with Crippen LogP contribution in [-0.2, 0) is 4.79 Å². The zero-order chi connectivity index (χ0) is 24.6. The standard InChI is InChI=1S/C24H33N3O6S/c1-14-8-25-23(34-14)26-9-17(10-26)33-21-7-16(5-6-20(21)32-4)18-11-27(22(31)19(30)12-28)13-24(18,3)15(2)29/h5-8,15,17-19,28-30H,9-13H2,1-4H3/t15-,18+,19+,24+/m1/s1. The number of hydrogen-bond donors (Lipinski definition) is 3. The highest BCUT2D eigenvalue weighted by molar-refractivity contribution is 7.15. The van der Waals surface area contributed by atoms with E-state index in [9.17, 15) is 20.1 Å². The number of hydrogen-bond acceptors (Lipinski definition) is 9. The van der Waals surface area contributed by atoms with E-state index in [1.165, 1.54) is 9.78 Å². The summed E-state index contributed by atoms with van der Waals surface area (Å²) in [4.78, 5) is 21.8. The maximum atomic E-state index is 12.6. The number of benzene rings is 1. The first-order valence-corrected chi connectivity index (χ1v) is 12.3. The first kappa shape index (κ1) is 24.7. The van der Waals surface area contributed by atoms with E-state index in [4.69, 9.17) is 9.47 Å². The Balaban J connectivity index is 1.53. The van der Waals surface area contributed by atoms with Gasteiger partial charge in [-0.1, -0.05) is 13.0 Å². The molecule has 3 heterocycles. The second kappa shape index (κ2) is 9.69. The van der Waals surface area contributed by atoms with E-state index < -0.39 is 30.1 Å². The molecule has 2 fully saturated rings. The lowest BCUT2D eigenvalue weighted by molar-refractivity contribution is -0.141. The van der Waals surface area contributed by atoms with Gasteiger partial charge in [-0.15, -0.1) is 11.3 Å². The lowest BCUT2D eigenvalue weighted by atomic mass is 9.72. The molecule has 0 saturated carbocycles. The van der Waals surface area contributed by atoms with Crippen molar-refractivity contribution in [3.05, 3.63) is 34.8 Å². The summed E-state index contributed by atoms with van der Waals surface area (Å²) in [5.41, 5.74) is 0.284. The highest BCUT2D eigenvalue weighted by Crippen LogP contribution is 2.47. The fourth-order valence-corrected chi connectivity index (χ4v) is 5.50. The van der Waals surface area contributed by atoms with Gasteiger partial charge in [0.1, 0.15) is 6.10 Å². The second-order valence-electron chi connectivity index (χ2n) is 9.46. The number of likely N-dealkylation sites (tertiary alicyclic amines) is 1. The monoisotopic (exact) mass is 491 g/mol. The van der Waals surface area contributed by atoms with Crippen molar-refractivity contribution in [2.24, 2.45) is 5.41 Å². The highest BCUT2D eigenvalue weighted by Gasteiger charge is 2.49. The summed E-state index contributed by atoms with van der Waals surface area (Å²) in [6.07, 6.45) is -0.294. The van der Waals surface area contributed by atoms with Crippen LogP contribution in [0, 0.1) is 12.3 Å². The van der Waals surface area contributed by atoms with Crippen LogP contribution < -0.4 is 14.4 Å². The maximum Gasteiger partial charge on any atom is 0.253 e. The number of aliphatic hydroxyl groups excluding tert-OH is 3. The third-order valence-corrected chi connectivity index (χ3v) is 8.04. The number of anilines is 1. The molecule has 2 aliphatic rings. The molecule has 3 N–H and O–H groups in total. The van der Waals surface area contributed by atoms with E-state index in [2.05, 4.69) is 9.88 Å². The van der Waals surface area contributed by atoms with Crippen LogP contribution in [0.4, 0.5) is 5.13 Å². The molecule has 9 nitrogen and oxygen atoms in total. The van der Waals surface area contributed by atoms with Crippen molar-refractivity contribution < 1.29 is 29.6 Å². The summed E-state index contributed by atoms with van der Waals surface area (Å²) < 4.78 is 11.8. The van der Waals surface area contributed by atoms with Crippen LogP contribution in [0.5, 0.6) is 11.5 Å². The molecule has 2 aromatic rings. The Kier molecular flexibility index (Phi) is 7.04. The van der Waals surface area contributed by atoms with Crippen LogP contribution in [-0.4, -0.2) is 89.3 Å². The van der Waals surface area contributed by atoms with Crippen LogP contribution in [0.3, 0.4) is 0 Å². The smallest absolute Gasteiger partial charge is 0.253 e. The van der Waals surface area contributed by atoms with E-state index >= 15 is 0 Å². The van der Waals surface area contributed by atoms with Gasteiger partial charge in [-0.25, -0.2) is 4.98 Å². The van der Waals surface area contributed by atoms with Gasteiger partial charge in [0.05, 0.1) is 32.9 Å². The number of carbonyl (C=O) groups excluding carboxylic acids is 1. The highest BCUT2D eigenvalue weighted by atomic mass is 32.1. The van der Waals surface area contributed by atoms with Gasteiger partial charge in [-0.3, -0.25) is 4.79 Å². The number of aliphatic hydroxyl groups is 3. The predicted octanol–water partition coefficient (Wildman–Crippen LogP) is 1.39. The Morgan fingerprint density at radius 2 is 2.03 bits per heavy atom. The van der Waals surface area contributed by atoms with Gasteiger partial charge in [0.15, 0.2) is 22.7 Å². The predicted molar refractivity (Wildman–Crippen MR) is 129 cm³/mol. The van der Waals surface area contributed by atoms with Gasteiger partial charge in [0.2, 0.25) is 0 Å². The van der Waals surface area contributed by atoms with Gasteiger partial charge in [0.25, 0.3) is 5.91 Å². The average molecular weight is 492 g/mol. The number of ether oxygens (including phenoxy) is 2. The molecule has 1 aromatic carbocycles. The largest absolute Gasteiger partial charge is 0.493 e. The van der Waals surface area contributed by atoms with Crippen LogP contribution in [0.1, 0.15) is 30.2 Å². The summed E-state index contributed by atoms with van der Waals surface area (Å²) in [6, 6.07) is 5.70. The Morgan fingerprint density at radius 3 is 2.62 bits per heavy atom. The zero-order valence-corrected chi connectivity index (χ0v) is 20.8.